The minimum absolute atomic E-state index is 0.0680. The molecule has 108 valence electrons. The summed E-state index contributed by atoms with van der Waals surface area (Å²) in [5.41, 5.74) is 0.935. The highest BCUT2D eigenvalue weighted by Gasteiger charge is 2.23. The van der Waals surface area contributed by atoms with E-state index in [-0.39, 0.29) is 17.2 Å². The van der Waals surface area contributed by atoms with Gasteiger partial charge in [0.1, 0.15) is 9.84 Å². The fraction of sp³-hybridized carbons (Fsp3) is 0.455. The van der Waals surface area contributed by atoms with Crippen LogP contribution in [0.2, 0.25) is 0 Å². The summed E-state index contributed by atoms with van der Waals surface area (Å²) in [6, 6.07) is 4.91. The quantitative estimate of drug-likeness (QED) is 0.786. The first-order valence-corrected chi connectivity index (χ1v) is 9.73. The molecule has 0 radical (unpaired) electrons. The Hall–Kier alpha value is -0.440. The van der Waals surface area contributed by atoms with Gasteiger partial charge < -0.3 is 0 Å². The van der Waals surface area contributed by atoms with Crippen LogP contribution in [0.1, 0.15) is 5.56 Å². The first kappa shape index (κ1) is 16.6. The summed E-state index contributed by atoms with van der Waals surface area (Å²) in [6.45, 7) is 1.79. The van der Waals surface area contributed by atoms with Crippen LogP contribution in [0, 0.1) is 6.92 Å². The highest BCUT2D eigenvalue weighted by atomic mass is 79.9. The fourth-order valence-electron chi connectivity index (χ4n) is 1.40. The molecular formula is C11H16BrNO4S2. The number of nitrogens with zero attached hydrogens (tertiary/aromatic N) is 1. The second-order valence-electron chi connectivity index (χ2n) is 4.39. The standard InChI is InChI=1S/C11H16BrNO4S2/c1-9-4-5-11(10(12)8-9)19(16,17)13(2)6-7-18(3,14)15/h4-5,8H,6-7H2,1-3H3. The Labute approximate surface area is 122 Å². The van der Waals surface area contributed by atoms with Crippen molar-refractivity contribution < 1.29 is 16.8 Å². The zero-order valence-corrected chi connectivity index (χ0v) is 14.1. The predicted molar refractivity (Wildman–Crippen MR) is 78.4 cm³/mol. The predicted octanol–water partition coefficient (Wildman–Crippen LogP) is 1.42. The summed E-state index contributed by atoms with van der Waals surface area (Å²) in [7, 11) is -5.52. The average molecular weight is 370 g/mol. The van der Waals surface area contributed by atoms with Crippen LogP contribution in [0.4, 0.5) is 0 Å². The van der Waals surface area contributed by atoms with E-state index >= 15 is 0 Å². The molecule has 1 rings (SSSR count). The minimum atomic E-state index is -3.69. The van der Waals surface area contributed by atoms with E-state index in [1.165, 1.54) is 13.1 Å². The maximum absolute atomic E-state index is 12.3. The number of halogens is 1. The average Bonchev–Trinajstić information content (AvgIpc) is 2.24. The summed E-state index contributed by atoms with van der Waals surface area (Å²) >= 11 is 3.22. The molecule has 8 heteroatoms. The number of benzene rings is 1. The Kier molecular flexibility index (Phi) is 5.16. The van der Waals surface area contributed by atoms with Gasteiger partial charge in [0.25, 0.3) is 0 Å². The summed E-state index contributed by atoms with van der Waals surface area (Å²) in [5, 5.41) is 0. The summed E-state index contributed by atoms with van der Waals surface area (Å²) in [5.74, 6) is -0.202. The molecule has 0 aliphatic heterocycles. The smallest absolute Gasteiger partial charge is 0.229 e. The number of hydrogen-bond donors (Lipinski definition) is 0. The SMILES string of the molecule is Cc1ccc(S(=O)(=O)N(C)CCS(C)(=O)=O)c(Br)c1. The molecule has 5 nitrogen and oxygen atoms in total. The maximum Gasteiger partial charge on any atom is 0.243 e. The molecule has 0 aromatic heterocycles. The Balaban J connectivity index is 3.03. The second kappa shape index (κ2) is 5.90. The lowest BCUT2D eigenvalue weighted by atomic mass is 10.2. The Morgan fingerprint density at radius 2 is 1.79 bits per heavy atom. The van der Waals surface area contributed by atoms with E-state index in [9.17, 15) is 16.8 Å². The molecule has 0 amide bonds. The van der Waals surface area contributed by atoms with E-state index in [4.69, 9.17) is 0 Å². The summed E-state index contributed by atoms with van der Waals surface area (Å²) in [4.78, 5) is 0.133. The van der Waals surface area contributed by atoms with Crippen LogP contribution >= 0.6 is 15.9 Å². The zero-order chi connectivity index (χ0) is 14.8. The van der Waals surface area contributed by atoms with Crippen molar-refractivity contribution >= 4 is 35.8 Å². The van der Waals surface area contributed by atoms with Gasteiger partial charge in [0.2, 0.25) is 10.0 Å². The van der Waals surface area contributed by atoms with Gasteiger partial charge in [-0.15, -0.1) is 0 Å². The molecule has 0 bridgehead atoms. The Bertz CT molecular complexity index is 668. The first-order chi connectivity index (χ1) is 8.54. The molecule has 0 fully saturated rings. The first-order valence-electron chi connectivity index (χ1n) is 5.44. The van der Waals surface area contributed by atoms with Gasteiger partial charge in [-0.3, -0.25) is 0 Å². The number of hydrogen-bond acceptors (Lipinski definition) is 4. The largest absolute Gasteiger partial charge is 0.243 e. The van der Waals surface area contributed by atoms with Crippen molar-refractivity contribution in [3.05, 3.63) is 28.2 Å². The van der Waals surface area contributed by atoms with Crippen molar-refractivity contribution in [2.75, 3.05) is 25.6 Å². The molecule has 0 unspecified atom stereocenters. The van der Waals surface area contributed by atoms with Crippen LogP contribution in [0.3, 0.4) is 0 Å². The van der Waals surface area contributed by atoms with E-state index in [0.717, 1.165) is 16.1 Å². The molecule has 0 saturated heterocycles. The lowest BCUT2D eigenvalue weighted by Gasteiger charge is -2.17. The normalized spacial score (nSPS) is 12.9. The molecule has 0 N–H and O–H groups in total. The van der Waals surface area contributed by atoms with Crippen molar-refractivity contribution in [3.8, 4) is 0 Å². The number of rotatable bonds is 5. The van der Waals surface area contributed by atoms with Crippen LogP contribution in [-0.2, 0) is 19.9 Å². The van der Waals surface area contributed by atoms with Crippen molar-refractivity contribution in [2.24, 2.45) is 0 Å². The number of aryl methyl sites for hydroxylation is 1. The molecule has 0 atom stereocenters. The third kappa shape index (κ3) is 4.55. The number of sulfone groups is 1. The van der Waals surface area contributed by atoms with Gasteiger partial charge >= 0.3 is 0 Å². The van der Waals surface area contributed by atoms with E-state index < -0.39 is 19.9 Å². The molecular weight excluding hydrogens is 354 g/mol. The van der Waals surface area contributed by atoms with Crippen LogP contribution in [0.25, 0.3) is 0 Å². The topological polar surface area (TPSA) is 71.5 Å². The zero-order valence-electron chi connectivity index (χ0n) is 10.9. The second-order valence-corrected chi connectivity index (χ2v) is 9.52. The van der Waals surface area contributed by atoms with E-state index in [0.29, 0.717) is 4.47 Å². The van der Waals surface area contributed by atoms with Gasteiger partial charge in [-0.1, -0.05) is 6.07 Å². The van der Waals surface area contributed by atoms with Crippen LogP contribution in [0.5, 0.6) is 0 Å². The van der Waals surface area contributed by atoms with Gasteiger partial charge in [-0.2, -0.15) is 4.31 Å². The third-order valence-electron chi connectivity index (χ3n) is 2.55. The van der Waals surface area contributed by atoms with Gasteiger partial charge in [0.05, 0.1) is 10.6 Å². The van der Waals surface area contributed by atoms with E-state index in [2.05, 4.69) is 15.9 Å². The molecule has 0 spiro atoms. The third-order valence-corrected chi connectivity index (χ3v) is 6.31. The molecule has 1 aromatic rings. The lowest BCUT2D eigenvalue weighted by molar-refractivity contribution is 0.484. The maximum atomic E-state index is 12.3. The molecule has 0 saturated carbocycles. The van der Waals surface area contributed by atoms with Gasteiger partial charge in [-0.05, 0) is 40.5 Å². The van der Waals surface area contributed by atoms with Crippen LogP contribution in [0.15, 0.2) is 27.6 Å². The molecule has 19 heavy (non-hydrogen) atoms. The monoisotopic (exact) mass is 369 g/mol. The molecule has 0 aliphatic carbocycles. The minimum Gasteiger partial charge on any atom is -0.229 e. The van der Waals surface area contributed by atoms with Gasteiger partial charge in [0, 0.05) is 24.3 Å². The molecule has 0 aliphatic rings. The summed E-state index contributed by atoms with van der Waals surface area (Å²) in [6.07, 6.45) is 1.08. The number of sulfonamides is 1. The van der Waals surface area contributed by atoms with Crippen molar-refractivity contribution in [2.45, 2.75) is 11.8 Å². The van der Waals surface area contributed by atoms with Crippen molar-refractivity contribution in [3.63, 3.8) is 0 Å². The van der Waals surface area contributed by atoms with E-state index in [1.807, 2.05) is 6.92 Å². The highest BCUT2D eigenvalue weighted by molar-refractivity contribution is 9.10. The van der Waals surface area contributed by atoms with E-state index in [1.54, 1.807) is 12.1 Å². The van der Waals surface area contributed by atoms with Crippen LogP contribution in [-0.4, -0.2) is 46.7 Å². The highest BCUT2D eigenvalue weighted by Crippen LogP contribution is 2.25. The van der Waals surface area contributed by atoms with Gasteiger partial charge in [0.15, 0.2) is 0 Å². The summed E-state index contributed by atoms with van der Waals surface area (Å²) < 4.78 is 48.2. The van der Waals surface area contributed by atoms with Crippen LogP contribution < -0.4 is 0 Å². The Morgan fingerprint density at radius 3 is 2.26 bits per heavy atom. The van der Waals surface area contributed by atoms with Gasteiger partial charge in [-0.25, -0.2) is 16.8 Å². The lowest BCUT2D eigenvalue weighted by Crippen LogP contribution is -2.31. The van der Waals surface area contributed by atoms with Crippen molar-refractivity contribution in [1.82, 2.24) is 4.31 Å². The fourth-order valence-corrected chi connectivity index (χ4v) is 4.44. The Morgan fingerprint density at radius 1 is 1.21 bits per heavy atom. The molecule has 0 heterocycles. The molecule has 1 aromatic carbocycles. The van der Waals surface area contributed by atoms with Crippen molar-refractivity contribution in [1.29, 1.82) is 0 Å².